The standard InChI is InChI=1S/C12H11N3OS/c1-6-4-9-10(13-7(2)17-9)8-5-15(3)14-11(8)12(6)16/h4-5H,1-3H3. The van der Waals surface area contributed by atoms with Crippen LogP contribution in [0.1, 0.15) is 10.6 Å². The predicted octanol–water partition coefficient (Wildman–Crippen LogP) is 2.16. The summed E-state index contributed by atoms with van der Waals surface area (Å²) in [6.45, 7) is 3.80. The fourth-order valence-electron chi connectivity index (χ4n) is 2.01. The summed E-state index contributed by atoms with van der Waals surface area (Å²) in [7, 11) is 1.82. The van der Waals surface area contributed by atoms with E-state index in [9.17, 15) is 4.79 Å². The largest absolute Gasteiger partial charge is 0.287 e. The molecule has 0 unspecified atom stereocenters. The quantitative estimate of drug-likeness (QED) is 0.609. The Hall–Kier alpha value is -1.75. The van der Waals surface area contributed by atoms with E-state index in [0.717, 1.165) is 20.6 Å². The Kier molecular flexibility index (Phi) is 2.06. The maximum atomic E-state index is 12.1. The van der Waals surface area contributed by atoms with Crippen LogP contribution in [0.5, 0.6) is 0 Å². The molecule has 0 aliphatic rings. The lowest BCUT2D eigenvalue weighted by Crippen LogP contribution is -2.02. The summed E-state index contributed by atoms with van der Waals surface area (Å²) in [4.78, 5) is 16.6. The van der Waals surface area contributed by atoms with Crippen molar-refractivity contribution in [3.63, 3.8) is 0 Å². The van der Waals surface area contributed by atoms with Crippen LogP contribution in [0.3, 0.4) is 0 Å². The van der Waals surface area contributed by atoms with Gasteiger partial charge in [-0.05, 0) is 19.9 Å². The lowest BCUT2D eigenvalue weighted by atomic mass is 10.3. The second-order valence-corrected chi connectivity index (χ2v) is 5.40. The molecule has 0 spiro atoms. The first-order valence-electron chi connectivity index (χ1n) is 5.30. The molecular formula is C12H11N3OS. The third kappa shape index (κ3) is 1.46. The van der Waals surface area contributed by atoms with E-state index in [1.807, 2.05) is 33.2 Å². The van der Waals surface area contributed by atoms with Crippen LogP contribution in [0.2, 0.25) is 0 Å². The molecule has 0 amide bonds. The highest BCUT2D eigenvalue weighted by molar-refractivity contribution is 7.18. The van der Waals surface area contributed by atoms with Crippen molar-refractivity contribution in [2.24, 2.45) is 7.05 Å². The molecule has 0 aliphatic heterocycles. The van der Waals surface area contributed by atoms with Gasteiger partial charge in [0.05, 0.1) is 20.6 Å². The fourth-order valence-corrected chi connectivity index (χ4v) is 2.96. The van der Waals surface area contributed by atoms with Crippen LogP contribution in [0.25, 0.3) is 21.1 Å². The smallest absolute Gasteiger partial charge is 0.209 e. The van der Waals surface area contributed by atoms with Crippen molar-refractivity contribution in [2.45, 2.75) is 13.8 Å². The highest BCUT2D eigenvalue weighted by Gasteiger charge is 2.11. The fraction of sp³-hybridized carbons (Fsp3) is 0.250. The van der Waals surface area contributed by atoms with Gasteiger partial charge in [0.2, 0.25) is 5.43 Å². The Bertz CT molecular complexity index is 801. The third-order valence-corrected chi connectivity index (χ3v) is 3.68. The molecule has 2 aromatic heterocycles. The van der Waals surface area contributed by atoms with Crippen molar-refractivity contribution >= 4 is 32.5 Å². The lowest BCUT2D eigenvalue weighted by Gasteiger charge is -1.83. The molecule has 1 aromatic carbocycles. The van der Waals surface area contributed by atoms with Crippen LogP contribution in [-0.4, -0.2) is 14.8 Å². The highest BCUT2D eigenvalue weighted by Crippen LogP contribution is 2.26. The summed E-state index contributed by atoms with van der Waals surface area (Å²) >= 11 is 1.61. The monoisotopic (exact) mass is 245 g/mol. The van der Waals surface area contributed by atoms with Gasteiger partial charge in [-0.25, -0.2) is 4.98 Å². The average molecular weight is 245 g/mol. The lowest BCUT2D eigenvalue weighted by molar-refractivity contribution is 0.778. The van der Waals surface area contributed by atoms with E-state index in [-0.39, 0.29) is 5.43 Å². The van der Waals surface area contributed by atoms with Crippen molar-refractivity contribution < 1.29 is 0 Å². The van der Waals surface area contributed by atoms with E-state index in [0.29, 0.717) is 11.1 Å². The van der Waals surface area contributed by atoms with E-state index in [1.54, 1.807) is 16.0 Å². The molecule has 17 heavy (non-hydrogen) atoms. The maximum Gasteiger partial charge on any atom is 0.209 e. The molecular weight excluding hydrogens is 234 g/mol. The minimum absolute atomic E-state index is 0.0107. The van der Waals surface area contributed by atoms with Crippen LogP contribution in [0.15, 0.2) is 17.1 Å². The van der Waals surface area contributed by atoms with Crippen LogP contribution in [0.4, 0.5) is 0 Å². The van der Waals surface area contributed by atoms with Crippen LogP contribution >= 0.6 is 11.3 Å². The molecule has 0 saturated carbocycles. The molecule has 3 aromatic rings. The van der Waals surface area contributed by atoms with Crippen LogP contribution in [0, 0.1) is 13.8 Å². The average Bonchev–Trinajstić information content (AvgIpc) is 2.78. The Labute approximate surface area is 102 Å². The normalized spacial score (nSPS) is 11.5. The number of fused-ring (bicyclic) bond motifs is 3. The molecule has 86 valence electrons. The van der Waals surface area contributed by atoms with Gasteiger partial charge in [0.15, 0.2) is 0 Å². The van der Waals surface area contributed by atoms with E-state index < -0.39 is 0 Å². The third-order valence-electron chi connectivity index (χ3n) is 2.77. The van der Waals surface area contributed by atoms with Crippen molar-refractivity contribution in [2.75, 3.05) is 0 Å². The molecule has 0 atom stereocenters. The zero-order chi connectivity index (χ0) is 12.2. The van der Waals surface area contributed by atoms with Gasteiger partial charge in [0, 0.05) is 18.8 Å². The zero-order valence-electron chi connectivity index (χ0n) is 9.81. The first-order valence-corrected chi connectivity index (χ1v) is 6.12. The molecule has 0 bridgehead atoms. The Balaban J connectivity index is 2.72. The molecule has 2 heterocycles. The first-order chi connectivity index (χ1) is 8.06. The summed E-state index contributed by atoms with van der Waals surface area (Å²) in [6.07, 6.45) is 1.86. The van der Waals surface area contributed by atoms with Crippen LogP contribution in [-0.2, 0) is 7.05 Å². The van der Waals surface area contributed by atoms with E-state index in [2.05, 4.69) is 10.1 Å². The van der Waals surface area contributed by atoms with Gasteiger partial charge in [0.1, 0.15) is 5.52 Å². The zero-order valence-corrected chi connectivity index (χ0v) is 10.6. The molecule has 4 nitrogen and oxygen atoms in total. The van der Waals surface area contributed by atoms with Gasteiger partial charge < -0.3 is 0 Å². The number of hydrogen-bond acceptors (Lipinski definition) is 4. The number of aryl methyl sites for hydroxylation is 3. The molecule has 3 rings (SSSR count). The molecule has 5 heteroatoms. The Morgan fingerprint density at radius 2 is 2.06 bits per heavy atom. The number of nitrogens with zero attached hydrogens (tertiary/aromatic N) is 3. The topological polar surface area (TPSA) is 47.8 Å². The first kappa shape index (κ1) is 10.4. The summed E-state index contributed by atoms with van der Waals surface area (Å²) in [5, 5.41) is 6.08. The van der Waals surface area contributed by atoms with Crippen molar-refractivity contribution in [1.29, 1.82) is 0 Å². The van der Waals surface area contributed by atoms with E-state index in [1.165, 1.54) is 0 Å². The number of rotatable bonds is 0. The van der Waals surface area contributed by atoms with Crippen molar-refractivity contribution in [1.82, 2.24) is 14.8 Å². The van der Waals surface area contributed by atoms with E-state index in [4.69, 9.17) is 0 Å². The SMILES string of the molecule is Cc1nc2c(cc(C)c(=O)c3nn(C)cc32)s1. The van der Waals surface area contributed by atoms with Gasteiger partial charge in [-0.1, -0.05) is 0 Å². The molecule has 0 radical (unpaired) electrons. The number of hydrogen-bond donors (Lipinski definition) is 0. The van der Waals surface area contributed by atoms with Crippen LogP contribution < -0.4 is 5.43 Å². The number of aromatic nitrogens is 3. The minimum atomic E-state index is -0.0107. The van der Waals surface area contributed by atoms with Crippen molar-refractivity contribution in [3.8, 4) is 0 Å². The second kappa shape index (κ2) is 3.37. The maximum absolute atomic E-state index is 12.1. The van der Waals surface area contributed by atoms with Gasteiger partial charge in [-0.15, -0.1) is 11.3 Å². The second-order valence-electron chi connectivity index (χ2n) is 4.17. The summed E-state index contributed by atoms with van der Waals surface area (Å²) in [5.74, 6) is 0. The minimum Gasteiger partial charge on any atom is -0.287 e. The Morgan fingerprint density at radius 3 is 2.82 bits per heavy atom. The summed E-state index contributed by atoms with van der Waals surface area (Å²) in [6, 6.07) is 1.91. The van der Waals surface area contributed by atoms with Gasteiger partial charge in [-0.3, -0.25) is 9.48 Å². The van der Waals surface area contributed by atoms with E-state index >= 15 is 0 Å². The van der Waals surface area contributed by atoms with Crippen molar-refractivity contribution in [3.05, 3.63) is 33.1 Å². The molecule has 0 N–H and O–H groups in total. The summed E-state index contributed by atoms with van der Waals surface area (Å²) < 4.78 is 2.71. The predicted molar refractivity (Wildman–Crippen MR) is 69.6 cm³/mol. The Morgan fingerprint density at radius 1 is 1.29 bits per heavy atom. The van der Waals surface area contributed by atoms with Gasteiger partial charge >= 0.3 is 0 Å². The molecule has 0 aliphatic carbocycles. The number of thiazole rings is 1. The van der Waals surface area contributed by atoms with Gasteiger partial charge in [-0.2, -0.15) is 5.10 Å². The van der Waals surface area contributed by atoms with Gasteiger partial charge in [0.25, 0.3) is 0 Å². The molecule has 0 saturated heterocycles. The molecule has 0 fully saturated rings. The summed E-state index contributed by atoms with van der Waals surface area (Å²) in [5.41, 5.74) is 2.09. The highest BCUT2D eigenvalue weighted by atomic mass is 32.1.